The molecule has 16 heavy (non-hydrogen) atoms. The van der Waals surface area contributed by atoms with Gasteiger partial charge in [0.2, 0.25) is 0 Å². The Labute approximate surface area is 95.5 Å². The van der Waals surface area contributed by atoms with E-state index in [1.807, 2.05) is 6.07 Å². The minimum Gasteiger partial charge on any atom is -0.330 e. The van der Waals surface area contributed by atoms with E-state index in [2.05, 4.69) is 35.3 Å². The highest BCUT2D eigenvalue weighted by Gasteiger charge is 2.17. The second-order valence-electron chi connectivity index (χ2n) is 4.43. The zero-order chi connectivity index (χ0) is 11.7. The van der Waals surface area contributed by atoms with Gasteiger partial charge >= 0.3 is 0 Å². The molecule has 4 nitrogen and oxygen atoms in total. The van der Waals surface area contributed by atoms with Crippen molar-refractivity contribution in [3.8, 4) is 0 Å². The Bertz CT molecular complexity index is 487. The van der Waals surface area contributed by atoms with Crippen LogP contribution in [0.3, 0.4) is 0 Å². The molecule has 0 aromatic carbocycles. The van der Waals surface area contributed by atoms with E-state index in [4.69, 9.17) is 5.73 Å². The number of hydrogen-bond donors (Lipinski definition) is 1. The van der Waals surface area contributed by atoms with Crippen LogP contribution in [0.1, 0.15) is 38.6 Å². The minimum absolute atomic E-state index is 0.273. The summed E-state index contributed by atoms with van der Waals surface area (Å²) in [5.74, 6) is 1.33. The number of nitrogens with zero attached hydrogens (tertiary/aromatic N) is 3. The maximum Gasteiger partial charge on any atom is 0.114 e. The van der Waals surface area contributed by atoms with E-state index >= 15 is 0 Å². The second-order valence-corrected chi connectivity index (χ2v) is 4.43. The van der Waals surface area contributed by atoms with Crippen LogP contribution < -0.4 is 5.73 Å². The topological polar surface area (TPSA) is 56.7 Å². The molecule has 0 aliphatic heterocycles. The molecule has 0 fully saturated rings. The van der Waals surface area contributed by atoms with Crippen LogP contribution in [0.15, 0.2) is 18.5 Å². The average molecular weight is 218 g/mol. The Kier molecular flexibility index (Phi) is 2.92. The molecule has 2 heterocycles. The summed E-state index contributed by atoms with van der Waals surface area (Å²) in [5, 5.41) is 0. The van der Waals surface area contributed by atoms with Crippen LogP contribution in [0.25, 0.3) is 11.0 Å². The smallest absolute Gasteiger partial charge is 0.114 e. The van der Waals surface area contributed by atoms with Crippen molar-refractivity contribution < 1.29 is 0 Å². The van der Waals surface area contributed by atoms with Crippen molar-refractivity contribution in [2.75, 3.05) is 6.54 Å². The lowest BCUT2D eigenvalue weighted by atomic mass is 10.1. The van der Waals surface area contributed by atoms with Gasteiger partial charge in [-0.25, -0.2) is 4.98 Å². The molecule has 2 rings (SSSR count). The molecule has 1 atom stereocenters. The van der Waals surface area contributed by atoms with Gasteiger partial charge in [0.15, 0.2) is 0 Å². The third-order valence-electron chi connectivity index (χ3n) is 2.83. The van der Waals surface area contributed by atoms with Crippen LogP contribution >= 0.6 is 0 Å². The predicted molar refractivity (Wildman–Crippen MR) is 65.4 cm³/mol. The molecule has 2 aromatic heterocycles. The summed E-state index contributed by atoms with van der Waals surface area (Å²) < 4.78 is 2.24. The van der Waals surface area contributed by atoms with Gasteiger partial charge in [-0.05, 0) is 19.9 Å². The average Bonchev–Trinajstić information content (AvgIpc) is 2.67. The minimum atomic E-state index is 0.273. The number of rotatable bonds is 3. The fourth-order valence-electron chi connectivity index (χ4n) is 1.97. The molecule has 4 heteroatoms. The summed E-state index contributed by atoms with van der Waals surface area (Å²) in [7, 11) is 0. The quantitative estimate of drug-likeness (QED) is 0.858. The van der Waals surface area contributed by atoms with Gasteiger partial charge < -0.3 is 10.3 Å². The largest absolute Gasteiger partial charge is 0.330 e. The lowest BCUT2D eigenvalue weighted by Gasteiger charge is -2.16. The Morgan fingerprint density at radius 2 is 2.12 bits per heavy atom. The SMILES string of the molecule is CC(CN)c1nc2cnccc2n1C(C)C. The first-order chi connectivity index (χ1) is 7.65. The van der Waals surface area contributed by atoms with Gasteiger partial charge in [-0.15, -0.1) is 0 Å². The normalized spacial score (nSPS) is 13.6. The van der Waals surface area contributed by atoms with Gasteiger partial charge in [-0.3, -0.25) is 4.98 Å². The van der Waals surface area contributed by atoms with Crippen molar-refractivity contribution in [1.82, 2.24) is 14.5 Å². The standard InChI is InChI=1S/C12H18N4/c1-8(2)16-11-4-5-14-7-10(11)15-12(16)9(3)6-13/h4-5,7-9H,6,13H2,1-3H3. The molecule has 2 N–H and O–H groups in total. The molecule has 0 bridgehead atoms. The number of pyridine rings is 1. The lowest BCUT2D eigenvalue weighted by Crippen LogP contribution is -2.16. The Hall–Kier alpha value is -1.42. The number of nitrogens with two attached hydrogens (primary N) is 1. The molecule has 0 saturated carbocycles. The monoisotopic (exact) mass is 218 g/mol. The van der Waals surface area contributed by atoms with Crippen LogP contribution in [0.4, 0.5) is 0 Å². The summed E-state index contributed by atoms with van der Waals surface area (Å²) in [6, 6.07) is 2.39. The summed E-state index contributed by atoms with van der Waals surface area (Å²) in [6.45, 7) is 7.04. The number of hydrogen-bond acceptors (Lipinski definition) is 3. The third kappa shape index (κ3) is 1.69. The highest BCUT2D eigenvalue weighted by molar-refractivity contribution is 5.75. The Morgan fingerprint density at radius 3 is 2.75 bits per heavy atom. The Morgan fingerprint density at radius 1 is 1.38 bits per heavy atom. The van der Waals surface area contributed by atoms with E-state index in [1.54, 1.807) is 12.4 Å². The molecule has 0 amide bonds. The molecule has 86 valence electrons. The summed E-state index contributed by atoms with van der Waals surface area (Å²) in [6.07, 6.45) is 3.61. The molecule has 0 aliphatic carbocycles. The zero-order valence-electron chi connectivity index (χ0n) is 10.0. The molecule has 1 unspecified atom stereocenters. The van der Waals surface area contributed by atoms with Crippen molar-refractivity contribution in [3.05, 3.63) is 24.3 Å². The molecule has 2 aromatic rings. The van der Waals surface area contributed by atoms with Gasteiger partial charge in [-0.1, -0.05) is 6.92 Å². The zero-order valence-corrected chi connectivity index (χ0v) is 10.0. The number of fused-ring (bicyclic) bond motifs is 1. The summed E-state index contributed by atoms with van der Waals surface area (Å²) in [5.41, 5.74) is 7.82. The summed E-state index contributed by atoms with van der Waals surface area (Å²) >= 11 is 0. The first-order valence-electron chi connectivity index (χ1n) is 5.67. The number of aromatic nitrogens is 3. The molecular weight excluding hydrogens is 200 g/mol. The van der Waals surface area contributed by atoms with Gasteiger partial charge in [0, 0.05) is 24.7 Å². The molecule has 0 spiro atoms. The first kappa shape index (κ1) is 11.1. The lowest BCUT2D eigenvalue weighted by molar-refractivity contribution is 0.554. The van der Waals surface area contributed by atoms with Crippen molar-refractivity contribution in [2.24, 2.45) is 5.73 Å². The summed E-state index contributed by atoms with van der Waals surface area (Å²) in [4.78, 5) is 8.73. The molecule has 0 radical (unpaired) electrons. The van der Waals surface area contributed by atoms with Gasteiger partial charge in [0.1, 0.15) is 11.3 Å². The van der Waals surface area contributed by atoms with Crippen LogP contribution in [0, 0.1) is 0 Å². The van der Waals surface area contributed by atoms with Crippen LogP contribution in [-0.4, -0.2) is 21.1 Å². The fourth-order valence-corrected chi connectivity index (χ4v) is 1.97. The maximum absolute atomic E-state index is 5.73. The molecule has 0 saturated heterocycles. The van der Waals surface area contributed by atoms with Crippen molar-refractivity contribution in [3.63, 3.8) is 0 Å². The van der Waals surface area contributed by atoms with Crippen LogP contribution in [0.5, 0.6) is 0 Å². The van der Waals surface area contributed by atoms with E-state index in [0.29, 0.717) is 12.6 Å². The molecular formula is C12H18N4. The van der Waals surface area contributed by atoms with Crippen molar-refractivity contribution >= 4 is 11.0 Å². The third-order valence-corrected chi connectivity index (χ3v) is 2.83. The van der Waals surface area contributed by atoms with E-state index in [1.165, 1.54) is 0 Å². The van der Waals surface area contributed by atoms with E-state index in [9.17, 15) is 0 Å². The number of imidazole rings is 1. The van der Waals surface area contributed by atoms with E-state index in [0.717, 1.165) is 16.9 Å². The van der Waals surface area contributed by atoms with Gasteiger partial charge in [-0.2, -0.15) is 0 Å². The Balaban J connectivity index is 2.68. The highest BCUT2D eigenvalue weighted by atomic mass is 15.1. The van der Waals surface area contributed by atoms with E-state index < -0.39 is 0 Å². The first-order valence-corrected chi connectivity index (χ1v) is 5.67. The van der Waals surface area contributed by atoms with Crippen LogP contribution in [0.2, 0.25) is 0 Å². The highest BCUT2D eigenvalue weighted by Crippen LogP contribution is 2.24. The molecule has 0 aliphatic rings. The van der Waals surface area contributed by atoms with Crippen molar-refractivity contribution in [2.45, 2.75) is 32.7 Å². The second kappa shape index (κ2) is 4.22. The van der Waals surface area contributed by atoms with Crippen molar-refractivity contribution in [1.29, 1.82) is 0 Å². The van der Waals surface area contributed by atoms with Gasteiger partial charge in [0.05, 0.1) is 11.7 Å². The van der Waals surface area contributed by atoms with E-state index in [-0.39, 0.29) is 5.92 Å². The fraction of sp³-hybridized carbons (Fsp3) is 0.500. The van der Waals surface area contributed by atoms with Gasteiger partial charge in [0.25, 0.3) is 0 Å². The van der Waals surface area contributed by atoms with Crippen LogP contribution in [-0.2, 0) is 0 Å². The predicted octanol–water partition coefficient (Wildman–Crippen LogP) is 2.07. The maximum atomic E-state index is 5.73.